The number of anilines is 1. The molecule has 0 spiro atoms. The molecule has 0 radical (unpaired) electrons. The molecule has 0 bridgehead atoms. The summed E-state index contributed by atoms with van der Waals surface area (Å²) in [6, 6.07) is 6.85. The molecule has 0 saturated carbocycles. The Kier molecular flexibility index (Phi) is 5.08. The Morgan fingerprint density at radius 3 is 2.73 bits per heavy atom. The predicted molar refractivity (Wildman–Crippen MR) is 87.7 cm³/mol. The quantitative estimate of drug-likeness (QED) is 0.912. The van der Waals surface area contributed by atoms with Gasteiger partial charge in [-0.05, 0) is 32.4 Å². The van der Waals surface area contributed by atoms with E-state index in [0.717, 1.165) is 11.4 Å². The first-order valence-corrected chi connectivity index (χ1v) is 7.51. The Balaban J connectivity index is 2.23. The number of aromatic nitrogens is 2. The fourth-order valence-electron chi connectivity index (χ4n) is 2.34. The lowest BCUT2D eigenvalue weighted by molar-refractivity contribution is -0.119. The number of nitrogens with one attached hydrogen (secondary N) is 1. The first-order valence-electron chi connectivity index (χ1n) is 7.14. The monoisotopic (exact) mass is 321 g/mol. The van der Waals surface area contributed by atoms with Gasteiger partial charge in [-0.1, -0.05) is 24.6 Å². The molecule has 1 aromatic carbocycles. The molecule has 0 aliphatic heterocycles. The minimum absolute atomic E-state index is 0.127. The van der Waals surface area contributed by atoms with Gasteiger partial charge < -0.3 is 10.1 Å². The number of aryl methyl sites for hydroxylation is 1. The zero-order chi connectivity index (χ0) is 16.3. The van der Waals surface area contributed by atoms with Gasteiger partial charge in [0.05, 0.1) is 23.5 Å². The van der Waals surface area contributed by atoms with E-state index in [4.69, 9.17) is 16.3 Å². The maximum Gasteiger partial charge on any atom is 0.249 e. The van der Waals surface area contributed by atoms with Crippen molar-refractivity contribution in [2.45, 2.75) is 33.2 Å². The summed E-state index contributed by atoms with van der Waals surface area (Å²) < 4.78 is 6.85. The lowest BCUT2D eigenvalue weighted by Crippen LogP contribution is -2.27. The molecule has 0 saturated heterocycles. The summed E-state index contributed by atoms with van der Waals surface area (Å²) in [6.07, 6.45) is 0.619. The number of ether oxygens (including phenoxy) is 1. The van der Waals surface area contributed by atoms with Crippen LogP contribution in [0.2, 0.25) is 5.02 Å². The average Bonchev–Trinajstić information content (AvgIpc) is 2.76. The van der Waals surface area contributed by atoms with Gasteiger partial charge in [-0.3, -0.25) is 9.48 Å². The normalized spacial score (nSPS) is 12.0. The van der Waals surface area contributed by atoms with E-state index < -0.39 is 6.04 Å². The van der Waals surface area contributed by atoms with Gasteiger partial charge in [-0.25, -0.2) is 0 Å². The van der Waals surface area contributed by atoms with E-state index in [2.05, 4.69) is 10.4 Å². The lowest BCUT2D eigenvalue weighted by Gasteiger charge is -2.17. The fraction of sp³-hybridized carbons (Fsp3) is 0.375. The van der Waals surface area contributed by atoms with Gasteiger partial charge >= 0.3 is 0 Å². The summed E-state index contributed by atoms with van der Waals surface area (Å²) >= 11 is 6.17. The van der Waals surface area contributed by atoms with Gasteiger partial charge in [0, 0.05) is 11.8 Å². The van der Waals surface area contributed by atoms with Crippen LogP contribution in [0.4, 0.5) is 5.69 Å². The molecule has 1 aromatic heterocycles. The smallest absolute Gasteiger partial charge is 0.249 e. The second kappa shape index (κ2) is 6.83. The molecule has 2 aromatic rings. The summed E-state index contributed by atoms with van der Waals surface area (Å²) in [7, 11) is 1.59. The van der Waals surface area contributed by atoms with Crippen molar-refractivity contribution >= 4 is 23.2 Å². The van der Waals surface area contributed by atoms with E-state index in [0.29, 0.717) is 22.9 Å². The van der Waals surface area contributed by atoms with Crippen molar-refractivity contribution in [1.29, 1.82) is 0 Å². The Hall–Kier alpha value is -2.01. The van der Waals surface area contributed by atoms with Gasteiger partial charge in [0.25, 0.3) is 0 Å². The number of amides is 1. The third-order valence-electron chi connectivity index (χ3n) is 3.56. The molecule has 2 rings (SSSR count). The first kappa shape index (κ1) is 16.4. The van der Waals surface area contributed by atoms with Gasteiger partial charge in [0.1, 0.15) is 11.8 Å². The van der Waals surface area contributed by atoms with Crippen molar-refractivity contribution in [1.82, 2.24) is 9.78 Å². The molecule has 1 unspecified atom stereocenters. The third-order valence-corrected chi connectivity index (χ3v) is 4.11. The van der Waals surface area contributed by atoms with E-state index in [1.165, 1.54) is 0 Å². The third kappa shape index (κ3) is 3.25. The molecule has 22 heavy (non-hydrogen) atoms. The lowest BCUT2D eigenvalue weighted by atomic mass is 10.2. The van der Waals surface area contributed by atoms with Crippen LogP contribution in [0.15, 0.2) is 24.3 Å². The SMILES string of the molecule is CCC(C(=O)Nc1cccc(OC)c1)n1nc(C)c(Cl)c1C. The number of hydrogen-bond acceptors (Lipinski definition) is 3. The van der Waals surface area contributed by atoms with E-state index in [-0.39, 0.29) is 5.91 Å². The molecule has 1 atom stereocenters. The number of rotatable bonds is 5. The van der Waals surface area contributed by atoms with Crippen LogP contribution in [0.3, 0.4) is 0 Å². The Bertz CT molecular complexity index is 682. The molecule has 1 amide bonds. The fourth-order valence-corrected chi connectivity index (χ4v) is 2.47. The van der Waals surface area contributed by atoms with Gasteiger partial charge in [-0.15, -0.1) is 0 Å². The number of nitrogens with zero attached hydrogens (tertiary/aromatic N) is 2. The summed E-state index contributed by atoms with van der Waals surface area (Å²) in [6.45, 7) is 5.64. The van der Waals surface area contributed by atoms with Crippen LogP contribution in [0.5, 0.6) is 5.75 Å². The molecule has 118 valence electrons. The number of carbonyl (C=O) groups excluding carboxylic acids is 1. The molecular formula is C16H20ClN3O2. The molecule has 0 fully saturated rings. The summed E-state index contributed by atoms with van der Waals surface area (Å²) in [5.74, 6) is 0.568. The molecule has 5 nitrogen and oxygen atoms in total. The summed E-state index contributed by atoms with van der Waals surface area (Å²) in [5, 5.41) is 7.88. The highest BCUT2D eigenvalue weighted by Crippen LogP contribution is 2.25. The second-order valence-corrected chi connectivity index (χ2v) is 5.45. The number of benzene rings is 1. The maximum atomic E-state index is 12.6. The second-order valence-electron chi connectivity index (χ2n) is 5.07. The van der Waals surface area contributed by atoms with Gasteiger partial charge in [0.15, 0.2) is 0 Å². The van der Waals surface area contributed by atoms with E-state index in [1.807, 2.05) is 39.0 Å². The number of halogens is 1. The largest absolute Gasteiger partial charge is 0.497 e. The molecule has 0 aliphatic carbocycles. The van der Waals surface area contributed by atoms with E-state index >= 15 is 0 Å². The first-order chi connectivity index (χ1) is 10.5. The molecular weight excluding hydrogens is 302 g/mol. The van der Waals surface area contributed by atoms with Crippen LogP contribution < -0.4 is 10.1 Å². The highest BCUT2D eigenvalue weighted by atomic mass is 35.5. The highest BCUT2D eigenvalue weighted by Gasteiger charge is 2.23. The minimum atomic E-state index is -0.405. The van der Waals surface area contributed by atoms with Crippen LogP contribution >= 0.6 is 11.6 Å². The summed E-state index contributed by atoms with van der Waals surface area (Å²) in [4.78, 5) is 12.6. The topological polar surface area (TPSA) is 56.1 Å². The van der Waals surface area contributed by atoms with Crippen molar-refractivity contribution in [2.24, 2.45) is 0 Å². The zero-order valence-electron chi connectivity index (χ0n) is 13.2. The minimum Gasteiger partial charge on any atom is -0.497 e. The zero-order valence-corrected chi connectivity index (χ0v) is 13.9. The number of methoxy groups -OCH3 is 1. The van der Waals surface area contributed by atoms with Crippen molar-refractivity contribution in [3.05, 3.63) is 40.7 Å². The Morgan fingerprint density at radius 1 is 1.45 bits per heavy atom. The standard InChI is InChI=1S/C16H20ClN3O2/c1-5-14(20-11(3)15(17)10(2)19-20)16(21)18-12-7-6-8-13(9-12)22-4/h6-9,14H,5H2,1-4H3,(H,18,21). The van der Waals surface area contributed by atoms with Crippen molar-refractivity contribution in [3.63, 3.8) is 0 Å². The Labute approximate surface area is 135 Å². The van der Waals surface area contributed by atoms with Crippen molar-refractivity contribution in [3.8, 4) is 5.75 Å². The van der Waals surface area contributed by atoms with Crippen LogP contribution in [-0.2, 0) is 4.79 Å². The predicted octanol–water partition coefficient (Wildman–Crippen LogP) is 3.75. The van der Waals surface area contributed by atoms with Crippen molar-refractivity contribution < 1.29 is 9.53 Å². The van der Waals surface area contributed by atoms with Crippen LogP contribution in [0.25, 0.3) is 0 Å². The molecule has 1 N–H and O–H groups in total. The molecule has 1 heterocycles. The van der Waals surface area contributed by atoms with E-state index in [1.54, 1.807) is 17.9 Å². The molecule has 0 aliphatic rings. The van der Waals surface area contributed by atoms with Crippen LogP contribution in [0, 0.1) is 13.8 Å². The summed E-state index contributed by atoms with van der Waals surface area (Å²) in [5.41, 5.74) is 2.22. The highest BCUT2D eigenvalue weighted by molar-refractivity contribution is 6.31. The van der Waals surface area contributed by atoms with Crippen LogP contribution in [-0.4, -0.2) is 22.8 Å². The average molecular weight is 322 g/mol. The maximum absolute atomic E-state index is 12.6. The number of carbonyl (C=O) groups is 1. The van der Waals surface area contributed by atoms with E-state index in [9.17, 15) is 4.79 Å². The Morgan fingerprint density at radius 2 is 2.18 bits per heavy atom. The van der Waals surface area contributed by atoms with Crippen molar-refractivity contribution in [2.75, 3.05) is 12.4 Å². The van der Waals surface area contributed by atoms with Crippen LogP contribution in [0.1, 0.15) is 30.8 Å². The van der Waals surface area contributed by atoms with Gasteiger partial charge in [-0.2, -0.15) is 5.10 Å². The molecule has 6 heteroatoms. The van der Waals surface area contributed by atoms with Gasteiger partial charge in [0.2, 0.25) is 5.91 Å². The number of hydrogen-bond donors (Lipinski definition) is 1.